The van der Waals surface area contributed by atoms with Crippen molar-refractivity contribution in [3.8, 4) is 28.7 Å². The van der Waals surface area contributed by atoms with Crippen LogP contribution in [0.4, 0.5) is 0 Å². The van der Waals surface area contributed by atoms with E-state index in [9.17, 15) is 24.9 Å². The lowest BCUT2D eigenvalue weighted by Crippen LogP contribution is -2.22. The number of carbonyl (C=O) groups is 2. The quantitative estimate of drug-likeness (QED) is 0.448. The van der Waals surface area contributed by atoms with Crippen LogP contribution in [-0.2, 0) is 17.6 Å². The van der Waals surface area contributed by atoms with Crippen molar-refractivity contribution in [2.75, 3.05) is 7.11 Å². The number of aldehydes is 1. The number of ether oxygens (including phenoxy) is 2. The predicted molar refractivity (Wildman–Crippen MR) is 110 cm³/mol. The minimum atomic E-state index is -0.660. The molecule has 1 aromatic heterocycles. The van der Waals surface area contributed by atoms with Crippen molar-refractivity contribution in [3.63, 3.8) is 0 Å². The van der Waals surface area contributed by atoms with Gasteiger partial charge >= 0.3 is 0 Å². The van der Waals surface area contributed by atoms with E-state index in [2.05, 4.69) is 4.98 Å². The molecule has 1 atom stereocenters. The van der Waals surface area contributed by atoms with E-state index in [0.29, 0.717) is 5.56 Å². The molecule has 160 valence electrons. The fourth-order valence-corrected chi connectivity index (χ4v) is 3.87. The average Bonchev–Trinajstić information content (AvgIpc) is 3.18. The van der Waals surface area contributed by atoms with Crippen LogP contribution in [-0.4, -0.2) is 39.5 Å². The van der Waals surface area contributed by atoms with E-state index in [-0.39, 0.29) is 59.2 Å². The maximum Gasteiger partial charge on any atom is 0.204 e. The Kier molecular flexibility index (Phi) is 5.29. The summed E-state index contributed by atoms with van der Waals surface area (Å²) in [4.78, 5) is 26.9. The first-order valence-electron chi connectivity index (χ1n) is 9.66. The van der Waals surface area contributed by atoms with Gasteiger partial charge in [-0.15, -0.1) is 0 Å². The molecule has 3 aromatic rings. The summed E-state index contributed by atoms with van der Waals surface area (Å²) >= 11 is 0. The summed E-state index contributed by atoms with van der Waals surface area (Å²) < 4.78 is 11.3. The number of hydrogen-bond acceptors (Lipinski definition) is 7. The fraction of sp³-hybridized carbons (Fsp3) is 0.217. The van der Waals surface area contributed by atoms with Gasteiger partial charge in [0.05, 0.1) is 13.5 Å². The van der Waals surface area contributed by atoms with Gasteiger partial charge < -0.3 is 34.6 Å². The molecule has 4 rings (SSSR count). The molecular formula is C23H21NO7. The predicted octanol–water partition coefficient (Wildman–Crippen LogP) is 3.18. The molecule has 8 nitrogen and oxygen atoms in total. The summed E-state index contributed by atoms with van der Waals surface area (Å²) in [6.07, 6.45) is 3.81. The zero-order valence-electron chi connectivity index (χ0n) is 16.7. The van der Waals surface area contributed by atoms with Crippen LogP contribution in [0.25, 0.3) is 0 Å². The van der Waals surface area contributed by atoms with Crippen LogP contribution in [0.5, 0.6) is 28.7 Å². The Morgan fingerprint density at radius 3 is 2.52 bits per heavy atom. The van der Waals surface area contributed by atoms with Crippen molar-refractivity contribution in [1.82, 2.24) is 4.98 Å². The van der Waals surface area contributed by atoms with Gasteiger partial charge in [-0.25, -0.2) is 0 Å². The van der Waals surface area contributed by atoms with E-state index >= 15 is 0 Å². The Labute approximate surface area is 177 Å². The minimum Gasteiger partial charge on any atom is -0.508 e. The Hall–Kier alpha value is -3.94. The van der Waals surface area contributed by atoms with Gasteiger partial charge in [0.2, 0.25) is 5.75 Å². The summed E-state index contributed by atoms with van der Waals surface area (Å²) in [7, 11) is 1.28. The van der Waals surface area contributed by atoms with Gasteiger partial charge in [-0.2, -0.15) is 0 Å². The number of carbonyl (C=O) groups excluding carboxylic acids is 2. The summed E-state index contributed by atoms with van der Waals surface area (Å²) in [5.41, 5.74) is 2.37. The number of hydrogen-bond donors (Lipinski definition) is 4. The number of phenols is 3. The van der Waals surface area contributed by atoms with Gasteiger partial charge in [0.15, 0.2) is 17.3 Å². The Morgan fingerprint density at radius 1 is 1.13 bits per heavy atom. The lowest BCUT2D eigenvalue weighted by Gasteiger charge is -2.29. The molecule has 0 aliphatic carbocycles. The standard InChI is InChI=1S/C23H21NO7/c1-30-23-20(28)16(8-14-11-24-10-13(14)6-7-25)22-19(21(23)29)17(27)9-18(31-22)12-2-4-15(26)5-3-12/h2-5,7,10-11,18,24,26,28-29H,6,8-9H2,1H3. The van der Waals surface area contributed by atoms with Gasteiger partial charge in [0, 0.05) is 30.8 Å². The Morgan fingerprint density at radius 2 is 1.84 bits per heavy atom. The minimum absolute atomic E-state index is 0.0285. The molecule has 1 aliphatic rings. The number of aromatic hydroxyl groups is 3. The Bertz CT molecular complexity index is 1150. The number of methoxy groups -OCH3 is 1. The molecule has 0 amide bonds. The topological polar surface area (TPSA) is 129 Å². The maximum atomic E-state index is 13.0. The highest BCUT2D eigenvalue weighted by molar-refractivity contribution is 6.04. The zero-order chi connectivity index (χ0) is 22.1. The number of rotatable bonds is 6. The smallest absolute Gasteiger partial charge is 0.204 e. The summed E-state index contributed by atoms with van der Waals surface area (Å²) in [5, 5.41) is 31.0. The van der Waals surface area contributed by atoms with Crippen molar-refractivity contribution in [1.29, 1.82) is 0 Å². The number of aromatic nitrogens is 1. The molecule has 0 bridgehead atoms. The highest BCUT2D eigenvalue weighted by Crippen LogP contribution is 2.52. The number of benzene rings is 2. The third-order valence-electron chi connectivity index (χ3n) is 5.43. The van der Waals surface area contributed by atoms with Gasteiger partial charge in [-0.1, -0.05) is 12.1 Å². The SMILES string of the molecule is COc1c(O)c(Cc2c[nH]cc2CC=O)c2c(c1O)C(=O)CC(c1ccc(O)cc1)O2. The molecule has 0 saturated carbocycles. The first-order valence-corrected chi connectivity index (χ1v) is 9.66. The molecule has 31 heavy (non-hydrogen) atoms. The second-order valence-electron chi connectivity index (χ2n) is 7.29. The Balaban J connectivity index is 1.84. The molecule has 2 aromatic carbocycles. The summed E-state index contributed by atoms with van der Waals surface area (Å²) in [5.74, 6) is -1.23. The number of phenolic OH excluding ortho intramolecular Hbond substituents is 3. The van der Waals surface area contributed by atoms with Gasteiger partial charge in [-0.05, 0) is 28.8 Å². The number of H-pyrrole nitrogens is 1. The largest absolute Gasteiger partial charge is 0.508 e. The molecule has 0 spiro atoms. The maximum absolute atomic E-state index is 13.0. The molecule has 1 aliphatic heterocycles. The number of fused-ring (bicyclic) bond motifs is 1. The zero-order valence-corrected chi connectivity index (χ0v) is 16.7. The van der Waals surface area contributed by atoms with Gasteiger partial charge in [-0.3, -0.25) is 4.79 Å². The molecule has 0 saturated heterocycles. The lowest BCUT2D eigenvalue weighted by atomic mass is 9.90. The molecule has 2 heterocycles. The molecule has 0 fully saturated rings. The number of Topliss-reactive ketones (excluding diaryl/α,β-unsaturated/α-hetero) is 1. The molecule has 8 heteroatoms. The van der Waals surface area contributed by atoms with Crippen molar-refractivity contribution in [2.24, 2.45) is 0 Å². The highest BCUT2D eigenvalue weighted by atomic mass is 16.5. The van der Waals surface area contributed by atoms with Crippen LogP contribution in [0, 0.1) is 0 Å². The van der Waals surface area contributed by atoms with Crippen molar-refractivity contribution >= 4 is 12.1 Å². The molecule has 0 radical (unpaired) electrons. The molecule has 1 unspecified atom stereocenters. The first kappa shape index (κ1) is 20.3. The van der Waals surface area contributed by atoms with Gasteiger partial charge in [0.1, 0.15) is 29.5 Å². The van der Waals surface area contributed by atoms with E-state index in [1.807, 2.05) is 0 Å². The number of aromatic amines is 1. The summed E-state index contributed by atoms with van der Waals surface area (Å²) in [6.45, 7) is 0. The van der Waals surface area contributed by atoms with Crippen molar-refractivity contribution in [3.05, 3.63) is 64.5 Å². The van der Waals surface area contributed by atoms with Crippen LogP contribution in [0.3, 0.4) is 0 Å². The fourth-order valence-electron chi connectivity index (χ4n) is 3.87. The van der Waals surface area contributed by atoms with Crippen LogP contribution in [0.2, 0.25) is 0 Å². The molecular weight excluding hydrogens is 402 g/mol. The normalized spacial score (nSPS) is 15.3. The summed E-state index contributed by atoms with van der Waals surface area (Å²) in [6, 6.07) is 6.28. The van der Waals surface area contributed by atoms with E-state index < -0.39 is 11.9 Å². The highest BCUT2D eigenvalue weighted by Gasteiger charge is 2.36. The second-order valence-corrected chi connectivity index (χ2v) is 7.29. The van der Waals surface area contributed by atoms with Crippen molar-refractivity contribution < 1.29 is 34.4 Å². The van der Waals surface area contributed by atoms with E-state index in [1.54, 1.807) is 24.5 Å². The second kappa shape index (κ2) is 8.06. The van der Waals surface area contributed by atoms with Crippen LogP contribution < -0.4 is 9.47 Å². The van der Waals surface area contributed by atoms with Crippen LogP contribution in [0.15, 0.2) is 36.7 Å². The lowest BCUT2D eigenvalue weighted by molar-refractivity contribution is -0.107. The average molecular weight is 423 g/mol. The number of nitrogens with one attached hydrogen (secondary N) is 1. The first-order chi connectivity index (χ1) is 14.9. The molecule has 4 N–H and O–H groups in total. The third kappa shape index (κ3) is 3.56. The van der Waals surface area contributed by atoms with Gasteiger partial charge in [0.25, 0.3) is 0 Å². The third-order valence-corrected chi connectivity index (χ3v) is 5.43. The van der Waals surface area contributed by atoms with E-state index in [4.69, 9.17) is 9.47 Å². The van der Waals surface area contributed by atoms with E-state index in [0.717, 1.165) is 17.4 Å². The van der Waals surface area contributed by atoms with Crippen molar-refractivity contribution in [2.45, 2.75) is 25.4 Å². The monoisotopic (exact) mass is 423 g/mol. The van der Waals surface area contributed by atoms with Crippen LogP contribution >= 0.6 is 0 Å². The number of ketones is 1. The van der Waals surface area contributed by atoms with E-state index in [1.165, 1.54) is 19.2 Å². The van der Waals surface area contributed by atoms with Crippen LogP contribution in [0.1, 0.15) is 45.1 Å².